The molecule has 0 radical (unpaired) electrons. The normalized spacial score (nSPS) is 13.7. The Labute approximate surface area is 364 Å². The Balaban J connectivity index is 4.71. The summed E-state index contributed by atoms with van der Waals surface area (Å²) in [5.41, 5.74) is 0. The number of rotatable bonds is 36. The quantitative estimate of drug-likeness (QED) is 0.0206. The predicted octanol–water partition coefficient (Wildman–Crippen LogP) is 14.5. The van der Waals surface area contributed by atoms with Gasteiger partial charge in [-0.2, -0.15) is 0 Å². The third-order valence-electron chi connectivity index (χ3n) is 8.20. The molecule has 60 heavy (non-hydrogen) atoms. The van der Waals surface area contributed by atoms with Crippen LogP contribution >= 0.6 is 0 Å². The van der Waals surface area contributed by atoms with Gasteiger partial charge in [0.25, 0.3) is 0 Å². The number of hydrogen-bond donors (Lipinski definition) is 0. The molecule has 0 heterocycles. The van der Waals surface area contributed by atoms with Gasteiger partial charge in [0.1, 0.15) is 13.2 Å². The van der Waals surface area contributed by atoms with Crippen molar-refractivity contribution in [3.63, 3.8) is 0 Å². The topological polar surface area (TPSA) is 78.9 Å². The second-order valence-electron chi connectivity index (χ2n) is 13.7. The Kier molecular flexibility index (Phi) is 42.4. The molecule has 6 heteroatoms. The van der Waals surface area contributed by atoms with Gasteiger partial charge in [-0.25, -0.2) is 0 Å². The second-order valence-corrected chi connectivity index (χ2v) is 13.7. The molecule has 0 N–H and O–H groups in total. The standard InChI is InChI=1S/C54H76O6/c1-4-7-10-13-16-19-22-25-26-27-30-32-35-38-41-44-47-53(56)59-50-51(60-54(57)48-45-42-39-36-33-29-24-21-18-15-12-9-6-3)49-58-52(55)46-43-40-37-34-31-28-23-20-17-14-11-8-5-2/h7-12,14-21,23-26,28-34,36-37,39,51H,4-6,13,22,27,35,38,40-50H2,1-3H3/b10-7+,11-8+,12-9+,17-14+,18-15+,19-16+,23-20+,24-21+,26-25+,31-28+,32-30+,33-29+,37-34+,39-36+. The zero-order valence-corrected chi connectivity index (χ0v) is 37.1. The number of carbonyl (C=O) groups is 3. The van der Waals surface area contributed by atoms with Crippen LogP contribution in [0.1, 0.15) is 130 Å². The lowest BCUT2D eigenvalue weighted by atomic mass is 10.1. The first-order valence-electron chi connectivity index (χ1n) is 22.3. The van der Waals surface area contributed by atoms with E-state index in [1.165, 1.54) is 0 Å². The molecule has 0 aromatic heterocycles. The van der Waals surface area contributed by atoms with E-state index in [2.05, 4.69) is 81.5 Å². The summed E-state index contributed by atoms with van der Waals surface area (Å²) in [4.78, 5) is 37.7. The lowest BCUT2D eigenvalue weighted by Crippen LogP contribution is -2.30. The molecule has 0 aromatic rings. The van der Waals surface area contributed by atoms with Crippen molar-refractivity contribution in [1.29, 1.82) is 0 Å². The SMILES string of the molecule is CC/C=C/C=C/C=C/C=C/C=C/CCCC(=O)OCC(COC(=O)CCCCC/C=C/C/C=C/C/C=C/C/C=C/CC)OC(=O)CCC/C=C/C=C/C=C/C=C/C=C/CC. The third-order valence-corrected chi connectivity index (χ3v) is 8.20. The summed E-state index contributed by atoms with van der Waals surface area (Å²) >= 11 is 0. The first-order valence-corrected chi connectivity index (χ1v) is 22.3. The number of esters is 3. The van der Waals surface area contributed by atoms with Gasteiger partial charge in [0.15, 0.2) is 6.10 Å². The molecule has 328 valence electrons. The van der Waals surface area contributed by atoms with Crippen molar-refractivity contribution in [2.75, 3.05) is 13.2 Å². The number of allylic oxidation sites excluding steroid dienone is 28. The Morgan fingerprint density at radius 3 is 1.15 bits per heavy atom. The van der Waals surface area contributed by atoms with Crippen LogP contribution in [0.15, 0.2) is 170 Å². The number of carbonyl (C=O) groups excluding carboxylic acids is 3. The van der Waals surface area contributed by atoms with E-state index in [-0.39, 0.29) is 44.4 Å². The zero-order chi connectivity index (χ0) is 43.7. The van der Waals surface area contributed by atoms with Gasteiger partial charge in [-0.1, -0.05) is 197 Å². The Morgan fingerprint density at radius 2 is 0.700 bits per heavy atom. The molecule has 0 saturated carbocycles. The number of ether oxygens (including phenoxy) is 3. The highest BCUT2D eigenvalue weighted by molar-refractivity contribution is 5.71. The van der Waals surface area contributed by atoms with Crippen LogP contribution in [0.25, 0.3) is 0 Å². The van der Waals surface area contributed by atoms with Crippen LogP contribution in [-0.4, -0.2) is 37.2 Å². The lowest BCUT2D eigenvalue weighted by Gasteiger charge is -2.18. The van der Waals surface area contributed by atoms with Gasteiger partial charge < -0.3 is 14.2 Å². The first-order chi connectivity index (χ1) is 29.5. The van der Waals surface area contributed by atoms with Crippen LogP contribution in [0.5, 0.6) is 0 Å². The molecule has 0 spiro atoms. The molecule has 1 unspecified atom stereocenters. The van der Waals surface area contributed by atoms with Crippen molar-refractivity contribution < 1.29 is 28.6 Å². The molecule has 0 saturated heterocycles. The summed E-state index contributed by atoms with van der Waals surface area (Å²) in [6, 6.07) is 0. The minimum absolute atomic E-state index is 0.156. The van der Waals surface area contributed by atoms with E-state index in [1.807, 2.05) is 109 Å². The van der Waals surface area contributed by atoms with Crippen LogP contribution < -0.4 is 0 Å². The summed E-state index contributed by atoms with van der Waals surface area (Å²) in [5, 5.41) is 0. The van der Waals surface area contributed by atoms with Crippen LogP contribution in [0.3, 0.4) is 0 Å². The zero-order valence-electron chi connectivity index (χ0n) is 37.1. The van der Waals surface area contributed by atoms with Crippen molar-refractivity contribution in [2.24, 2.45) is 0 Å². The van der Waals surface area contributed by atoms with E-state index in [9.17, 15) is 14.4 Å². The van der Waals surface area contributed by atoms with Crippen LogP contribution in [0.4, 0.5) is 0 Å². The third kappa shape index (κ3) is 43.9. The Hall–Kier alpha value is -5.23. The van der Waals surface area contributed by atoms with E-state index in [0.717, 1.165) is 64.2 Å². The van der Waals surface area contributed by atoms with E-state index in [1.54, 1.807) is 0 Å². The fraction of sp³-hybridized carbons (Fsp3) is 0.426. The molecule has 0 bridgehead atoms. The van der Waals surface area contributed by atoms with Crippen LogP contribution in [0, 0.1) is 0 Å². The van der Waals surface area contributed by atoms with Crippen molar-refractivity contribution in [3.05, 3.63) is 170 Å². The summed E-state index contributed by atoms with van der Waals surface area (Å²) in [6.07, 6.45) is 69.2. The molecule has 0 fully saturated rings. The lowest BCUT2D eigenvalue weighted by molar-refractivity contribution is -0.167. The second kappa shape index (κ2) is 46.5. The van der Waals surface area contributed by atoms with Crippen LogP contribution in [-0.2, 0) is 28.6 Å². The monoisotopic (exact) mass is 821 g/mol. The van der Waals surface area contributed by atoms with Gasteiger partial charge in [-0.3, -0.25) is 14.4 Å². The Bertz CT molecular complexity index is 1500. The molecule has 6 nitrogen and oxygen atoms in total. The minimum Gasteiger partial charge on any atom is -0.462 e. The number of hydrogen-bond acceptors (Lipinski definition) is 6. The maximum atomic E-state index is 12.7. The average Bonchev–Trinajstić information content (AvgIpc) is 3.24. The molecule has 0 rings (SSSR count). The van der Waals surface area contributed by atoms with E-state index < -0.39 is 12.1 Å². The first kappa shape index (κ1) is 54.8. The summed E-state index contributed by atoms with van der Waals surface area (Å²) in [5.74, 6) is -1.16. The van der Waals surface area contributed by atoms with E-state index >= 15 is 0 Å². The number of unbranched alkanes of at least 4 members (excludes halogenated alkanes) is 5. The summed E-state index contributed by atoms with van der Waals surface area (Å²) in [6.45, 7) is 6.02. The fourth-order valence-corrected chi connectivity index (χ4v) is 4.96. The summed E-state index contributed by atoms with van der Waals surface area (Å²) in [7, 11) is 0. The van der Waals surface area contributed by atoms with Crippen LogP contribution in [0.2, 0.25) is 0 Å². The molecule has 0 aliphatic heterocycles. The molecular weight excluding hydrogens is 745 g/mol. The van der Waals surface area contributed by atoms with Gasteiger partial charge in [0.2, 0.25) is 0 Å². The van der Waals surface area contributed by atoms with Gasteiger partial charge >= 0.3 is 17.9 Å². The van der Waals surface area contributed by atoms with Gasteiger partial charge in [-0.15, -0.1) is 0 Å². The molecule has 0 amide bonds. The van der Waals surface area contributed by atoms with E-state index in [0.29, 0.717) is 25.7 Å². The highest BCUT2D eigenvalue weighted by Gasteiger charge is 2.19. The smallest absolute Gasteiger partial charge is 0.306 e. The van der Waals surface area contributed by atoms with E-state index in [4.69, 9.17) is 14.2 Å². The largest absolute Gasteiger partial charge is 0.462 e. The maximum Gasteiger partial charge on any atom is 0.306 e. The molecule has 1 atom stereocenters. The highest BCUT2D eigenvalue weighted by Crippen LogP contribution is 2.09. The molecular formula is C54H76O6. The molecule has 0 aliphatic rings. The summed E-state index contributed by atoms with van der Waals surface area (Å²) < 4.78 is 16.5. The predicted molar refractivity (Wildman–Crippen MR) is 255 cm³/mol. The average molecular weight is 821 g/mol. The fourth-order valence-electron chi connectivity index (χ4n) is 4.96. The van der Waals surface area contributed by atoms with Crippen molar-refractivity contribution in [1.82, 2.24) is 0 Å². The highest BCUT2D eigenvalue weighted by atomic mass is 16.6. The van der Waals surface area contributed by atoms with Crippen molar-refractivity contribution >= 4 is 17.9 Å². The van der Waals surface area contributed by atoms with Gasteiger partial charge in [0, 0.05) is 19.3 Å². The minimum atomic E-state index is -0.865. The Morgan fingerprint density at radius 1 is 0.350 bits per heavy atom. The van der Waals surface area contributed by atoms with Gasteiger partial charge in [-0.05, 0) is 83.5 Å². The molecule has 0 aliphatic carbocycles. The maximum absolute atomic E-state index is 12.7. The van der Waals surface area contributed by atoms with Crippen molar-refractivity contribution in [2.45, 2.75) is 136 Å². The van der Waals surface area contributed by atoms with Crippen molar-refractivity contribution in [3.8, 4) is 0 Å². The molecule has 0 aromatic carbocycles. The van der Waals surface area contributed by atoms with Gasteiger partial charge in [0.05, 0.1) is 0 Å².